The Hall–Kier alpha value is -1.81. The Kier molecular flexibility index (Phi) is 3.90. The van der Waals surface area contributed by atoms with Gasteiger partial charge in [-0.1, -0.05) is 42.8 Å². The number of rotatable bonds is 4. The van der Waals surface area contributed by atoms with Crippen LogP contribution < -0.4 is 4.18 Å². The predicted octanol–water partition coefficient (Wildman–Crippen LogP) is 3.33. The van der Waals surface area contributed by atoms with Gasteiger partial charge >= 0.3 is 10.1 Å². The third-order valence-corrected chi connectivity index (χ3v) is 4.11. The molecule has 0 aliphatic heterocycles. The molecule has 100 valence electrons. The average molecular weight is 276 g/mol. The summed E-state index contributed by atoms with van der Waals surface area (Å²) in [5.74, 6) is 0.394. The number of benzene rings is 2. The highest BCUT2D eigenvalue weighted by atomic mass is 32.2. The second-order valence-electron chi connectivity index (χ2n) is 4.31. The number of hydrogen-bond donors (Lipinski definition) is 0. The molecule has 2 rings (SSSR count). The van der Waals surface area contributed by atoms with E-state index < -0.39 is 10.1 Å². The summed E-state index contributed by atoms with van der Waals surface area (Å²) < 4.78 is 29.5. The van der Waals surface area contributed by atoms with Crippen molar-refractivity contribution < 1.29 is 12.6 Å². The molecule has 0 bridgehead atoms. The van der Waals surface area contributed by atoms with E-state index in [4.69, 9.17) is 4.18 Å². The second-order valence-corrected chi connectivity index (χ2v) is 5.86. The van der Waals surface area contributed by atoms with Gasteiger partial charge in [0, 0.05) is 0 Å². The van der Waals surface area contributed by atoms with Crippen LogP contribution in [0.5, 0.6) is 5.75 Å². The first kappa shape index (κ1) is 13.6. The van der Waals surface area contributed by atoms with Crippen molar-refractivity contribution in [3.05, 3.63) is 59.7 Å². The molecule has 0 fully saturated rings. The minimum Gasteiger partial charge on any atom is -0.379 e. The fourth-order valence-corrected chi connectivity index (χ4v) is 2.71. The summed E-state index contributed by atoms with van der Waals surface area (Å²) in [7, 11) is -3.76. The Balaban J connectivity index is 2.34. The first-order valence-corrected chi connectivity index (χ1v) is 7.53. The average Bonchev–Trinajstić information content (AvgIpc) is 2.39. The van der Waals surface area contributed by atoms with Gasteiger partial charge in [0.05, 0.1) is 0 Å². The number of aryl methyl sites for hydroxylation is 2. The topological polar surface area (TPSA) is 43.4 Å². The molecule has 0 amide bonds. The molecule has 3 nitrogen and oxygen atoms in total. The van der Waals surface area contributed by atoms with Crippen molar-refractivity contribution in [3.8, 4) is 5.75 Å². The molecule has 19 heavy (non-hydrogen) atoms. The van der Waals surface area contributed by atoms with E-state index in [1.54, 1.807) is 36.4 Å². The van der Waals surface area contributed by atoms with Crippen molar-refractivity contribution >= 4 is 10.1 Å². The van der Waals surface area contributed by atoms with Crippen molar-refractivity contribution in [1.82, 2.24) is 0 Å². The molecular formula is C15H16O3S. The second kappa shape index (κ2) is 5.45. The zero-order valence-electron chi connectivity index (χ0n) is 11.0. The Bertz CT molecular complexity index is 658. The standard InChI is InChI=1S/C15H16O3S/c1-3-13-6-4-5-7-15(13)18-19(16,17)14-10-8-12(2)9-11-14/h4-11H,3H2,1-2H3. The molecule has 0 N–H and O–H groups in total. The molecule has 0 heterocycles. The van der Waals surface area contributed by atoms with Crippen molar-refractivity contribution in [2.45, 2.75) is 25.2 Å². The Morgan fingerprint density at radius 2 is 1.63 bits per heavy atom. The van der Waals surface area contributed by atoms with Gasteiger partial charge in [-0.2, -0.15) is 8.42 Å². The van der Waals surface area contributed by atoms with Gasteiger partial charge in [0.15, 0.2) is 0 Å². The SMILES string of the molecule is CCc1ccccc1OS(=O)(=O)c1ccc(C)cc1. The fraction of sp³-hybridized carbons (Fsp3) is 0.200. The minimum atomic E-state index is -3.76. The maximum Gasteiger partial charge on any atom is 0.339 e. The molecule has 0 atom stereocenters. The number of para-hydroxylation sites is 1. The zero-order valence-corrected chi connectivity index (χ0v) is 11.8. The van der Waals surface area contributed by atoms with Crippen LogP contribution in [-0.4, -0.2) is 8.42 Å². The van der Waals surface area contributed by atoms with Gasteiger partial charge in [-0.3, -0.25) is 0 Å². The van der Waals surface area contributed by atoms with Gasteiger partial charge in [-0.05, 0) is 37.1 Å². The van der Waals surface area contributed by atoms with E-state index in [-0.39, 0.29) is 4.90 Å². The summed E-state index contributed by atoms with van der Waals surface area (Å²) in [5, 5.41) is 0. The van der Waals surface area contributed by atoms with Gasteiger partial charge in [0.1, 0.15) is 10.6 Å². The molecule has 0 saturated heterocycles. The summed E-state index contributed by atoms with van der Waals surface area (Å²) in [6.07, 6.45) is 0.722. The van der Waals surface area contributed by atoms with E-state index in [0.717, 1.165) is 17.5 Å². The highest BCUT2D eigenvalue weighted by molar-refractivity contribution is 7.87. The first-order chi connectivity index (χ1) is 9.03. The van der Waals surface area contributed by atoms with Crippen LogP contribution in [-0.2, 0) is 16.5 Å². The van der Waals surface area contributed by atoms with Gasteiger partial charge in [-0.25, -0.2) is 0 Å². The van der Waals surface area contributed by atoms with Crippen LogP contribution in [0.25, 0.3) is 0 Å². The smallest absolute Gasteiger partial charge is 0.339 e. The zero-order chi connectivity index (χ0) is 13.9. The maximum atomic E-state index is 12.2. The van der Waals surface area contributed by atoms with Gasteiger partial charge in [0.2, 0.25) is 0 Å². The summed E-state index contributed by atoms with van der Waals surface area (Å²) in [6, 6.07) is 13.8. The van der Waals surface area contributed by atoms with Crippen molar-refractivity contribution in [2.24, 2.45) is 0 Å². The predicted molar refractivity (Wildman–Crippen MR) is 74.8 cm³/mol. The van der Waals surface area contributed by atoms with Crippen LogP contribution in [0.3, 0.4) is 0 Å². The molecular weight excluding hydrogens is 260 g/mol. The van der Waals surface area contributed by atoms with E-state index in [9.17, 15) is 8.42 Å². The summed E-state index contributed by atoms with van der Waals surface area (Å²) >= 11 is 0. The summed E-state index contributed by atoms with van der Waals surface area (Å²) in [6.45, 7) is 3.87. The molecule has 0 saturated carbocycles. The molecule has 0 unspecified atom stereocenters. The molecule has 0 aromatic heterocycles. The van der Waals surface area contributed by atoms with Gasteiger partial charge in [-0.15, -0.1) is 0 Å². The van der Waals surface area contributed by atoms with Crippen molar-refractivity contribution in [3.63, 3.8) is 0 Å². The van der Waals surface area contributed by atoms with Crippen LogP contribution in [0.4, 0.5) is 0 Å². The van der Waals surface area contributed by atoms with Crippen LogP contribution in [0, 0.1) is 6.92 Å². The molecule has 0 spiro atoms. The van der Waals surface area contributed by atoms with E-state index in [1.165, 1.54) is 0 Å². The minimum absolute atomic E-state index is 0.170. The quantitative estimate of drug-likeness (QED) is 0.804. The Labute approximate surface area is 114 Å². The lowest BCUT2D eigenvalue weighted by Gasteiger charge is -2.10. The van der Waals surface area contributed by atoms with Crippen molar-refractivity contribution in [2.75, 3.05) is 0 Å². The molecule has 2 aromatic carbocycles. The Morgan fingerprint density at radius 1 is 1.00 bits per heavy atom. The normalized spacial score (nSPS) is 11.3. The lowest BCUT2D eigenvalue weighted by Crippen LogP contribution is -2.10. The molecule has 0 radical (unpaired) electrons. The van der Waals surface area contributed by atoms with Crippen LogP contribution in [0.2, 0.25) is 0 Å². The van der Waals surface area contributed by atoms with Crippen LogP contribution in [0.15, 0.2) is 53.4 Å². The monoisotopic (exact) mass is 276 g/mol. The van der Waals surface area contributed by atoms with E-state index in [0.29, 0.717) is 5.75 Å². The largest absolute Gasteiger partial charge is 0.379 e. The third kappa shape index (κ3) is 3.15. The third-order valence-electron chi connectivity index (χ3n) is 2.86. The lowest BCUT2D eigenvalue weighted by molar-refractivity contribution is 0.483. The molecule has 0 aliphatic rings. The maximum absolute atomic E-state index is 12.2. The summed E-state index contributed by atoms with van der Waals surface area (Å²) in [5.41, 5.74) is 1.88. The number of hydrogen-bond acceptors (Lipinski definition) is 3. The highest BCUT2D eigenvalue weighted by Crippen LogP contribution is 2.23. The molecule has 4 heteroatoms. The van der Waals surface area contributed by atoms with E-state index in [2.05, 4.69) is 0 Å². The van der Waals surface area contributed by atoms with E-state index in [1.807, 2.05) is 26.0 Å². The lowest BCUT2D eigenvalue weighted by atomic mass is 10.1. The van der Waals surface area contributed by atoms with E-state index >= 15 is 0 Å². The molecule has 0 aliphatic carbocycles. The van der Waals surface area contributed by atoms with Crippen molar-refractivity contribution in [1.29, 1.82) is 0 Å². The fourth-order valence-electron chi connectivity index (χ4n) is 1.75. The van der Waals surface area contributed by atoms with Gasteiger partial charge in [0.25, 0.3) is 0 Å². The van der Waals surface area contributed by atoms with Crippen LogP contribution >= 0.6 is 0 Å². The van der Waals surface area contributed by atoms with Crippen LogP contribution in [0.1, 0.15) is 18.1 Å². The van der Waals surface area contributed by atoms with Gasteiger partial charge < -0.3 is 4.18 Å². The molecule has 2 aromatic rings. The Morgan fingerprint density at radius 3 is 2.26 bits per heavy atom. The highest BCUT2D eigenvalue weighted by Gasteiger charge is 2.17. The summed E-state index contributed by atoms with van der Waals surface area (Å²) in [4.78, 5) is 0.170. The first-order valence-electron chi connectivity index (χ1n) is 6.12.